The summed E-state index contributed by atoms with van der Waals surface area (Å²) in [4.78, 5) is 17.8. The Morgan fingerprint density at radius 3 is 2.57 bits per heavy atom. The second kappa shape index (κ2) is 15.6. The van der Waals surface area contributed by atoms with E-state index in [0.717, 1.165) is 62.2 Å². The first kappa shape index (κ1) is 33.6. The molecule has 0 amide bonds. The number of allylic oxidation sites excluding steroid dienone is 2. The van der Waals surface area contributed by atoms with Gasteiger partial charge in [-0.25, -0.2) is 0 Å². The van der Waals surface area contributed by atoms with Gasteiger partial charge >= 0.3 is 5.97 Å². The van der Waals surface area contributed by atoms with E-state index >= 15 is 0 Å². The van der Waals surface area contributed by atoms with Crippen molar-refractivity contribution in [2.75, 3.05) is 47.9 Å². The van der Waals surface area contributed by atoms with Gasteiger partial charge in [-0.1, -0.05) is 60.7 Å². The molecule has 3 unspecified atom stereocenters. The predicted octanol–water partition coefficient (Wildman–Crippen LogP) is 7.57. The third kappa shape index (κ3) is 8.45. The lowest BCUT2D eigenvalue weighted by Crippen LogP contribution is -2.27. The van der Waals surface area contributed by atoms with Crippen LogP contribution in [0.2, 0.25) is 0 Å². The lowest BCUT2D eigenvalue weighted by molar-refractivity contribution is -0.144. The number of hydrogen-bond donors (Lipinski definition) is 0. The van der Waals surface area contributed by atoms with Crippen molar-refractivity contribution in [3.8, 4) is 0 Å². The van der Waals surface area contributed by atoms with E-state index in [4.69, 9.17) is 4.74 Å². The first-order valence-electron chi connectivity index (χ1n) is 16.3. The molecule has 2 aromatic carbocycles. The van der Waals surface area contributed by atoms with E-state index < -0.39 is 0 Å². The van der Waals surface area contributed by atoms with Crippen LogP contribution in [0.15, 0.2) is 75.7 Å². The lowest BCUT2D eigenvalue weighted by Gasteiger charge is -2.29. The van der Waals surface area contributed by atoms with E-state index in [-0.39, 0.29) is 17.9 Å². The van der Waals surface area contributed by atoms with Gasteiger partial charge in [0.05, 0.1) is 24.8 Å². The monoisotopic (exact) mass is 599 g/mol. The number of ether oxygens (including phenoxy) is 1. The second-order valence-corrected chi connectivity index (χ2v) is 13.0. The maximum absolute atomic E-state index is 13.2. The Bertz CT molecular complexity index is 1380. The Hall–Kier alpha value is -3.29. The van der Waals surface area contributed by atoms with Crippen molar-refractivity contribution in [2.45, 2.75) is 84.2 Å². The summed E-state index contributed by atoms with van der Waals surface area (Å²) in [6.07, 6.45) is 6.53. The molecule has 2 aliphatic rings. The highest BCUT2D eigenvalue weighted by atomic mass is 16.5. The van der Waals surface area contributed by atoms with Gasteiger partial charge in [-0.15, -0.1) is 5.11 Å². The van der Waals surface area contributed by atoms with Gasteiger partial charge in [-0.05, 0) is 119 Å². The van der Waals surface area contributed by atoms with Gasteiger partial charge in [-0.2, -0.15) is 0 Å². The Morgan fingerprint density at radius 1 is 1.07 bits per heavy atom. The van der Waals surface area contributed by atoms with Crippen molar-refractivity contribution < 1.29 is 9.53 Å². The van der Waals surface area contributed by atoms with Gasteiger partial charge in [0.15, 0.2) is 0 Å². The topological polar surface area (TPSA) is 60.7 Å². The van der Waals surface area contributed by atoms with Crippen molar-refractivity contribution in [1.29, 1.82) is 0 Å². The fraction of sp³-hybridized carbons (Fsp3) is 0.541. The van der Waals surface area contributed by atoms with Gasteiger partial charge in [0.2, 0.25) is 0 Å². The van der Waals surface area contributed by atoms with Crippen LogP contribution in [0.4, 0.5) is 0 Å². The van der Waals surface area contributed by atoms with Gasteiger partial charge in [0.1, 0.15) is 0 Å². The summed E-state index contributed by atoms with van der Waals surface area (Å²) in [6, 6.07) is 15.7. The summed E-state index contributed by atoms with van der Waals surface area (Å²) >= 11 is 0. The van der Waals surface area contributed by atoms with Crippen LogP contribution >= 0.6 is 0 Å². The molecule has 3 atom stereocenters. The number of carbonyl (C=O) groups is 1. The number of benzene rings is 2. The molecular formula is C37H53N5O2. The molecule has 0 bridgehead atoms. The predicted molar refractivity (Wildman–Crippen MR) is 180 cm³/mol. The number of rotatable bonds is 15. The number of fused-ring (bicyclic) bond motifs is 1. The number of hydrogen-bond acceptors (Lipinski definition) is 7. The normalized spacial score (nSPS) is 17.7. The van der Waals surface area contributed by atoms with Gasteiger partial charge in [-0.3, -0.25) is 9.80 Å². The quantitative estimate of drug-likeness (QED) is 0.156. The number of esters is 1. The van der Waals surface area contributed by atoms with Gasteiger partial charge < -0.3 is 14.5 Å². The fourth-order valence-electron chi connectivity index (χ4n) is 6.61. The van der Waals surface area contributed by atoms with E-state index in [1.165, 1.54) is 27.8 Å². The second-order valence-electron chi connectivity index (χ2n) is 13.0. The summed E-state index contributed by atoms with van der Waals surface area (Å²) in [5.41, 5.74) is 9.90. The first-order valence-corrected chi connectivity index (χ1v) is 16.3. The number of aryl methyl sites for hydroxylation is 2. The molecule has 0 fully saturated rings. The molecule has 0 saturated carbocycles. The minimum atomic E-state index is -0.152. The Kier molecular flexibility index (Phi) is 11.9. The van der Waals surface area contributed by atoms with E-state index in [9.17, 15) is 4.79 Å². The van der Waals surface area contributed by atoms with E-state index in [0.29, 0.717) is 18.9 Å². The molecule has 1 aliphatic carbocycles. The number of likely N-dealkylation sites (N-methyl/N-ethyl adjacent to an activating group) is 1. The van der Waals surface area contributed by atoms with E-state index in [2.05, 4.69) is 103 Å². The molecule has 0 N–H and O–H groups in total. The van der Waals surface area contributed by atoms with Crippen LogP contribution in [0.1, 0.15) is 85.6 Å². The molecule has 7 nitrogen and oxygen atoms in total. The van der Waals surface area contributed by atoms with Crippen LogP contribution in [0.3, 0.4) is 0 Å². The Balaban J connectivity index is 1.52. The zero-order valence-corrected chi connectivity index (χ0v) is 28.3. The molecule has 44 heavy (non-hydrogen) atoms. The zero-order valence-electron chi connectivity index (χ0n) is 28.3. The summed E-state index contributed by atoms with van der Waals surface area (Å²) in [5.74, 6) is 0.311. The molecule has 7 heteroatoms. The molecule has 1 heterocycles. The van der Waals surface area contributed by atoms with Crippen molar-refractivity contribution in [1.82, 2.24) is 14.8 Å². The molecule has 0 saturated heterocycles. The maximum atomic E-state index is 13.2. The minimum Gasteiger partial charge on any atom is -0.466 e. The average Bonchev–Trinajstić information content (AvgIpc) is 3.38. The average molecular weight is 600 g/mol. The zero-order chi connectivity index (χ0) is 31.8. The smallest absolute Gasteiger partial charge is 0.306 e. The minimum absolute atomic E-state index is 0.0962. The summed E-state index contributed by atoms with van der Waals surface area (Å²) < 4.78 is 5.74. The summed E-state index contributed by atoms with van der Waals surface area (Å²) in [7, 11) is 8.27. The highest BCUT2D eigenvalue weighted by molar-refractivity contribution is 5.72. The molecule has 1 aliphatic heterocycles. The van der Waals surface area contributed by atoms with Crippen molar-refractivity contribution in [3.63, 3.8) is 0 Å². The molecule has 0 aromatic heterocycles. The molecule has 4 rings (SSSR count). The summed E-state index contributed by atoms with van der Waals surface area (Å²) in [5, 5.41) is 10.7. The molecule has 238 valence electrons. The fourth-order valence-corrected chi connectivity index (χ4v) is 6.61. The van der Waals surface area contributed by atoms with Crippen LogP contribution in [0, 0.1) is 13.8 Å². The lowest BCUT2D eigenvalue weighted by atomic mass is 9.79. The van der Waals surface area contributed by atoms with Crippen LogP contribution in [0.5, 0.6) is 0 Å². The third-order valence-electron chi connectivity index (χ3n) is 9.39. The summed E-state index contributed by atoms with van der Waals surface area (Å²) in [6.45, 7) is 12.1. The number of carbonyl (C=O) groups excluding carboxylic acids is 1. The molecule has 0 spiro atoms. The van der Waals surface area contributed by atoms with Crippen LogP contribution in [-0.2, 0) is 16.1 Å². The SMILES string of the molecule is CCC(CCN(C)Cc1cc(C(CC(=O)OCCCN(C)C)C2=CCC3C(=C2C)N=NN3C)ccc1C)c1ccccc1C. The van der Waals surface area contributed by atoms with Gasteiger partial charge in [0, 0.05) is 26.1 Å². The number of nitrogens with zero attached hydrogens (tertiary/aromatic N) is 5. The van der Waals surface area contributed by atoms with Crippen LogP contribution < -0.4 is 0 Å². The van der Waals surface area contributed by atoms with Crippen molar-refractivity contribution in [2.24, 2.45) is 10.3 Å². The van der Waals surface area contributed by atoms with Crippen LogP contribution in [-0.4, -0.2) is 74.7 Å². The standard InChI is InChI=1S/C37H53N5O2/c1-9-29(32-14-11-10-13-27(32)3)19-21-41(7)25-31-23-30(16-15-26(31)2)34(24-36(43)44-22-12-20-40(5)6)33-17-18-35-37(28(33)4)38-39-42(35)8/h10-11,13-17,23,29,34-35H,9,12,18-22,24-25H2,1-8H3. The Labute approximate surface area is 265 Å². The largest absolute Gasteiger partial charge is 0.466 e. The first-order chi connectivity index (χ1) is 21.1. The highest BCUT2D eigenvalue weighted by Gasteiger charge is 2.33. The Morgan fingerprint density at radius 2 is 1.84 bits per heavy atom. The van der Waals surface area contributed by atoms with E-state index in [1.54, 1.807) is 0 Å². The molecule has 2 aromatic rings. The highest BCUT2D eigenvalue weighted by Crippen LogP contribution is 2.41. The maximum Gasteiger partial charge on any atom is 0.306 e. The molecule has 0 radical (unpaired) electrons. The molecular weight excluding hydrogens is 546 g/mol. The van der Waals surface area contributed by atoms with Crippen molar-refractivity contribution >= 4 is 5.97 Å². The van der Waals surface area contributed by atoms with Gasteiger partial charge in [0.25, 0.3) is 0 Å². The van der Waals surface area contributed by atoms with Crippen molar-refractivity contribution in [3.05, 3.63) is 93.2 Å². The third-order valence-corrected chi connectivity index (χ3v) is 9.39. The van der Waals surface area contributed by atoms with E-state index in [1.807, 2.05) is 26.2 Å². The van der Waals surface area contributed by atoms with Crippen LogP contribution in [0.25, 0.3) is 0 Å².